The van der Waals surface area contributed by atoms with Gasteiger partial charge in [0.05, 0.1) is 31.6 Å². The third-order valence-corrected chi connectivity index (χ3v) is 4.22. The summed E-state index contributed by atoms with van der Waals surface area (Å²) in [6.07, 6.45) is 0. The minimum absolute atomic E-state index is 0.0894. The number of hydrogen-bond donors (Lipinski definition) is 1. The van der Waals surface area contributed by atoms with E-state index >= 15 is 0 Å². The van der Waals surface area contributed by atoms with E-state index in [0.717, 1.165) is 17.8 Å². The molecule has 0 spiro atoms. The van der Waals surface area contributed by atoms with Crippen molar-refractivity contribution in [1.82, 2.24) is 0 Å². The molecule has 1 saturated heterocycles. The lowest BCUT2D eigenvalue weighted by Gasteiger charge is -2.29. The monoisotopic (exact) mass is 376 g/mol. The summed E-state index contributed by atoms with van der Waals surface area (Å²) in [4.78, 5) is 26.5. The number of halogens is 2. The number of esters is 1. The van der Waals surface area contributed by atoms with Crippen LogP contribution in [0.1, 0.15) is 20.7 Å². The van der Waals surface area contributed by atoms with Crippen LogP contribution in [-0.4, -0.2) is 45.3 Å². The fraction of sp³-hybridized carbons (Fsp3) is 0.263. The number of rotatable bonds is 4. The van der Waals surface area contributed by atoms with Gasteiger partial charge in [-0.15, -0.1) is 0 Å². The number of benzene rings is 2. The number of nitrogens with zero attached hydrogens (tertiary/aromatic N) is 1. The number of anilines is 2. The van der Waals surface area contributed by atoms with Crippen molar-refractivity contribution >= 4 is 23.3 Å². The van der Waals surface area contributed by atoms with Gasteiger partial charge in [0.25, 0.3) is 5.91 Å². The number of carbonyl (C=O) groups is 2. The first-order valence-electron chi connectivity index (χ1n) is 8.31. The standard InChI is InChI=1S/C19H18F2N2O4/c1-26-19(25)13-11-12(23-7-9-27-10-8-23)5-6-16(13)22-18(24)17-14(20)3-2-4-15(17)21/h2-6,11H,7-10H2,1H3,(H,22,24). The van der Waals surface area contributed by atoms with E-state index in [9.17, 15) is 18.4 Å². The van der Waals surface area contributed by atoms with Crippen LogP contribution in [0.3, 0.4) is 0 Å². The van der Waals surface area contributed by atoms with Crippen molar-refractivity contribution in [2.24, 2.45) is 0 Å². The second-order valence-electron chi connectivity index (χ2n) is 5.87. The molecule has 1 aliphatic heterocycles. The van der Waals surface area contributed by atoms with Crippen LogP contribution >= 0.6 is 0 Å². The molecule has 1 amide bonds. The Kier molecular flexibility index (Phi) is 5.66. The van der Waals surface area contributed by atoms with Gasteiger partial charge in [-0.25, -0.2) is 13.6 Å². The van der Waals surface area contributed by atoms with Gasteiger partial charge in [0.2, 0.25) is 0 Å². The van der Waals surface area contributed by atoms with Crippen LogP contribution in [-0.2, 0) is 9.47 Å². The first-order chi connectivity index (χ1) is 13.0. The van der Waals surface area contributed by atoms with Crippen LogP contribution in [0.2, 0.25) is 0 Å². The molecule has 1 N–H and O–H groups in total. The maximum atomic E-state index is 13.8. The highest BCUT2D eigenvalue weighted by Crippen LogP contribution is 2.26. The van der Waals surface area contributed by atoms with Crippen molar-refractivity contribution < 1.29 is 27.8 Å². The molecular formula is C19H18F2N2O4. The largest absolute Gasteiger partial charge is 0.465 e. The van der Waals surface area contributed by atoms with E-state index in [2.05, 4.69) is 5.32 Å². The van der Waals surface area contributed by atoms with E-state index in [1.165, 1.54) is 19.2 Å². The lowest BCUT2D eigenvalue weighted by atomic mass is 10.1. The number of hydrogen-bond acceptors (Lipinski definition) is 5. The SMILES string of the molecule is COC(=O)c1cc(N2CCOCC2)ccc1NC(=O)c1c(F)cccc1F. The Balaban J connectivity index is 1.92. The van der Waals surface area contributed by atoms with E-state index in [1.807, 2.05) is 4.90 Å². The van der Waals surface area contributed by atoms with Gasteiger partial charge < -0.3 is 19.7 Å². The van der Waals surface area contributed by atoms with Gasteiger partial charge in [-0.3, -0.25) is 4.79 Å². The molecule has 0 unspecified atom stereocenters. The maximum Gasteiger partial charge on any atom is 0.340 e. The molecular weight excluding hydrogens is 358 g/mol. The molecule has 1 fully saturated rings. The topological polar surface area (TPSA) is 67.9 Å². The van der Waals surface area contributed by atoms with Crippen molar-refractivity contribution in [1.29, 1.82) is 0 Å². The first kappa shape index (κ1) is 18.8. The zero-order valence-electron chi connectivity index (χ0n) is 14.6. The number of ether oxygens (including phenoxy) is 2. The second kappa shape index (κ2) is 8.13. The summed E-state index contributed by atoms with van der Waals surface area (Å²) in [6.45, 7) is 2.46. The van der Waals surface area contributed by atoms with E-state index in [4.69, 9.17) is 9.47 Å². The van der Waals surface area contributed by atoms with Crippen molar-refractivity contribution in [2.45, 2.75) is 0 Å². The number of amides is 1. The van der Waals surface area contributed by atoms with Crippen molar-refractivity contribution in [2.75, 3.05) is 43.6 Å². The van der Waals surface area contributed by atoms with Gasteiger partial charge in [0.1, 0.15) is 17.2 Å². The second-order valence-corrected chi connectivity index (χ2v) is 5.87. The predicted molar refractivity (Wildman–Crippen MR) is 95.1 cm³/mol. The van der Waals surface area contributed by atoms with E-state index < -0.39 is 29.1 Å². The van der Waals surface area contributed by atoms with Crippen LogP contribution < -0.4 is 10.2 Å². The van der Waals surface area contributed by atoms with E-state index in [1.54, 1.807) is 12.1 Å². The lowest BCUT2D eigenvalue weighted by Crippen LogP contribution is -2.36. The highest BCUT2D eigenvalue weighted by Gasteiger charge is 2.22. The zero-order valence-corrected chi connectivity index (χ0v) is 14.6. The summed E-state index contributed by atoms with van der Waals surface area (Å²) in [5.41, 5.74) is 0.234. The Morgan fingerprint density at radius 2 is 1.78 bits per heavy atom. The normalized spacial score (nSPS) is 14.0. The van der Waals surface area contributed by atoms with Gasteiger partial charge >= 0.3 is 5.97 Å². The molecule has 2 aromatic carbocycles. The molecule has 142 valence electrons. The third kappa shape index (κ3) is 4.06. The lowest BCUT2D eigenvalue weighted by molar-refractivity contribution is 0.0602. The molecule has 0 saturated carbocycles. The average Bonchev–Trinajstić information content (AvgIpc) is 2.68. The Bertz CT molecular complexity index is 847. The molecule has 0 aliphatic carbocycles. The third-order valence-electron chi connectivity index (χ3n) is 4.22. The van der Waals surface area contributed by atoms with Crippen molar-refractivity contribution in [3.8, 4) is 0 Å². The summed E-state index contributed by atoms with van der Waals surface area (Å²) >= 11 is 0. The molecule has 0 atom stereocenters. The highest BCUT2D eigenvalue weighted by atomic mass is 19.1. The minimum Gasteiger partial charge on any atom is -0.465 e. The Hall–Kier alpha value is -3.00. The summed E-state index contributed by atoms with van der Waals surface area (Å²) in [7, 11) is 1.21. The number of morpholine rings is 1. The predicted octanol–water partition coefficient (Wildman–Crippen LogP) is 2.84. The molecule has 3 rings (SSSR count). The number of methoxy groups -OCH3 is 1. The fourth-order valence-corrected chi connectivity index (χ4v) is 2.84. The smallest absolute Gasteiger partial charge is 0.340 e. The first-order valence-corrected chi connectivity index (χ1v) is 8.31. The molecule has 2 aromatic rings. The number of nitrogens with one attached hydrogen (secondary N) is 1. The van der Waals surface area contributed by atoms with E-state index in [-0.39, 0.29) is 11.3 Å². The van der Waals surface area contributed by atoms with E-state index in [0.29, 0.717) is 26.3 Å². The van der Waals surface area contributed by atoms with Crippen molar-refractivity contribution in [3.05, 3.63) is 59.2 Å². The summed E-state index contributed by atoms with van der Waals surface area (Å²) in [6, 6.07) is 7.93. The van der Waals surface area contributed by atoms with Crippen LogP contribution in [0.5, 0.6) is 0 Å². The molecule has 6 nitrogen and oxygen atoms in total. The van der Waals surface area contributed by atoms with Gasteiger partial charge in [-0.1, -0.05) is 6.07 Å². The highest BCUT2D eigenvalue weighted by molar-refractivity contribution is 6.08. The van der Waals surface area contributed by atoms with Gasteiger partial charge in [-0.2, -0.15) is 0 Å². The molecule has 0 radical (unpaired) electrons. The van der Waals surface area contributed by atoms with Crippen LogP contribution in [0, 0.1) is 11.6 Å². The zero-order chi connectivity index (χ0) is 19.4. The minimum atomic E-state index is -0.991. The number of carbonyl (C=O) groups excluding carboxylic acids is 2. The fourth-order valence-electron chi connectivity index (χ4n) is 2.84. The van der Waals surface area contributed by atoms with Crippen LogP contribution in [0.25, 0.3) is 0 Å². The molecule has 8 heteroatoms. The quantitative estimate of drug-likeness (QED) is 0.832. The van der Waals surface area contributed by atoms with Crippen LogP contribution in [0.15, 0.2) is 36.4 Å². The van der Waals surface area contributed by atoms with Gasteiger partial charge in [0.15, 0.2) is 0 Å². The molecule has 1 aliphatic rings. The Morgan fingerprint density at radius 1 is 1.11 bits per heavy atom. The maximum absolute atomic E-state index is 13.8. The Labute approximate surface area is 154 Å². The average molecular weight is 376 g/mol. The molecule has 27 heavy (non-hydrogen) atoms. The summed E-state index contributed by atoms with van der Waals surface area (Å²) in [5, 5.41) is 2.39. The summed E-state index contributed by atoms with van der Waals surface area (Å²) < 4.78 is 37.7. The Morgan fingerprint density at radius 3 is 2.41 bits per heavy atom. The molecule has 0 bridgehead atoms. The van der Waals surface area contributed by atoms with Crippen LogP contribution in [0.4, 0.5) is 20.2 Å². The molecule has 0 aromatic heterocycles. The molecule has 1 heterocycles. The summed E-state index contributed by atoms with van der Waals surface area (Å²) in [5.74, 6) is -3.64. The van der Waals surface area contributed by atoms with Gasteiger partial charge in [-0.05, 0) is 30.3 Å². The van der Waals surface area contributed by atoms with Gasteiger partial charge in [0, 0.05) is 18.8 Å². The van der Waals surface area contributed by atoms with Crippen molar-refractivity contribution in [3.63, 3.8) is 0 Å².